The standard InChI is InChI=1S/C22H31N3O3.HI/c1-4-23-22(24-14-13-19(26)18-9-7-6-8-10-18)25-16-17-11-12-20(27-3)21(15-17)28-5-2;/h6-12,15,19,26H,4-5,13-14,16H2,1-3H3,(H2,23,24,25);1H. The largest absolute Gasteiger partial charge is 0.493 e. The Labute approximate surface area is 190 Å². The van der Waals surface area contributed by atoms with Gasteiger partial charge in [0.05, 0.1) is 26.4 Å². The average molecular weight is 513 g/mol. The summed E-state index contributed by atoms with van der Waals surface area (Å²) in [5.74, 6) is 2.16. The first-order valence-corrected chi connectivity index (χ1v) is 9.72. The highest BCUT2D eigenvalue weighted by Crippen LogP contribution is 2.28. The van der Waals surface area contributed by atoms with Gasteiger partial charge in [-0.25, -0.2) is 4.99 Å². The number of halogens is 1. The van der Waals surface area contributed by atoms with E-state index in [0.717, 1.165) is 35.1 Å². The summed E-state index contributed by atoms with van der Waals surface area (Å²) in [4.78, 5) is 4.63. The summed E-state index contributed by atoms with van der Waals surface area (Å²) in [6.07, 6.45) is 0.109. The van der Waals surface area contributed by atoms with E-state index in [9.17, 15) is 5.11 Å². The van der Waals surface area contributed by atoms with E-state index in [2.05, 4.69) is 15.6 Å². The zero-order valence-corrected chi connectivity index (χ0v) is 19.7. The van der Waals surface area contributed by atoms with Gasteiger partial charge in [0.25, 0.3) is 0 Å². The Kier molecular flexibility index (Phi) is 12.1. The second-order valence-corrected chi connectivity index (χ2v) is 6.26. The van der Waals surface area contributed by atoms with Gasteiger partial charge in [0.15, 0.2) is 17.5 Å². The first-order valence-electron chi connectivity index (χ1n) is 9.72. The molecule has 6 nitrogen and oxygen atoms in total. The summed E-state index contributed by atoms with van der Waals surface area (Å²) in [6.45, 7) is 6.45. The molecule has 1 unspecified atom stereocenters. The van der Waals surface area contributed by atoms with E-state index in [-0.39, 0.29) is 24.0 Å². The van der Waals surface area contributed by atoms with Crippen molar-refractivity contribution in [2.24, 2.45) is 4.99 Å². The zero-order valence-electron chi connectivity index (χ0n) is 17.4. The van der Waals surface area contributed by atoms with Gasteiger partial charge in [-0.3, -0.25) is 0 Å². The first-order chi connectivity index (χ1) is 13.7. The van der Waals surface area contributed by atoms with Crippen molar-refractivity contribution in [2.45, 2.75) is 32.9 Å². The SMILES string of the molecule is CCNC(=NCc1ccc(OC)c(OCC)c1)NCCC(O)c1ccccc1.I. The smallest absolute Gasteiger partial charge is 0.191 e. The molecule has 0 spiro atoms. The molecule has 2 rings (SSSR count). The monoisotopic (exact) mass is 513 g/mol. The van der Waals surface area contributed by atoms with Crippen LogP contribution in [0.5, 0.6) is 11.5 Å². The number of aliphatic imine (C=N–C) groups is 1. The number of aliphatic hydroxyl groups excluding tert-OH is 1. The molecule has 0 aromatic heterocycles. The molecule has 0 bridgehead atoms. The van der Waals surface area contributed by atoms with Gasteiger partial charge in [-0.05, 0) is 43.5 Å². The molecule has 0 heterocycles. The summed E-state index contributed by atoms with van der Waals surface area (Å²) in [6, 6.07) is 15.5. The van der Waals surface area contributed by atoms with Crippen LogP contribution in [-0.2, 0) is 6.54 Å². The van der Waals surface area contributed by atoms with Crippen LogP contribution in [0.4, 0.5) is 0 Å². The second kappa shape index (κ2) is 14.1. The number of methoxy groups -OCH3 is 1. The van der Waals surface area contributed by atoms with E-state index in [4.69, 9.17) is 9.47 Å². The molecule has 0 radical (unpaired) electrons. The van der Waals surface area contributed by atoms with Crippen molar-refractivity contribution in [3.05, 3.63) is 59.7 Å². The fourth-order valence-corrected chi connectivity index (χ4v) is 2.77. The van der Waals surface area contributed by atoms with Gasteiger partial charge >= 0.3 is 0 Å². The minimum atomic E-state index is -0.494. The van der Waals surface area contributed by atoms with E-state index in [0.29, 0.717) is 26.1 Å². The lowest BCUT2D eigenvalue weighted by molar-refractivity contribution is 0.168. The van der Waals surface area contributed by atoms with Gasteiger partial charge in [0, 0.05) is 13.1 Å². The highest BCUT2D eigenvalue weighted by Gasteiger charge is 2.08. The number of hydrogen-bond acceptors (Lipinski definition) is 4. The van der Waals surface area contributed by atoms with Gasteiger partial charge in [-0.2, -0.15) is 0 Å². The molecule has 0 aliphatic carbocycles. The lowest BCUT2D eigenvalue weighted by Gasteiger charge is -2.15. The number of nitrogens with zero attached hydrogens (tertiary/aromatic N) is 1. The Morgan fingerprint density at radius 3 is 2.48 bits per heavy atom. The van der Waals surface area contributed by atoms with Crippen molar-refractivity contribution in [1.29, 1.82) is 0 Å². The lowest BCUT2D eigenvalue weighted by atomic mass is 10.1. The summed E-state index contributed by atoms with van der Waals surface area (Å²) >= 11 is 0. The van der Waals surface area contributed by atoms with Crippen LogP contribution >= 0.6 is 24.0 Å². The molecule has 0 saturated heterocycles. The van der Waals surface area contributed by atoms with Gasteiger partial charge < -0.3 is 25.2 Å². The number of ether oxygens (including phenoxy) is 2. The molecule has 7 heteroatoms. The van der Waals surface area contributed by atoms with E-state index < -0.39 is 6.10 Å². The number of benzene rings is 2. The molecule has 160 valence electrons. The second-order valence-electron chi connectivity index (χ2n) is 6.26. The molecule has 1 atom stereocenters. The van der Waals surface area contributed by atoms with Crippen molar-refractivity contribution in [2.75, 3.05) is 26.8 Å². The maximum atomic E-state index is 10.3. The van der Waals surface area contributed by atoms with Crippen LogP contribution in [0.2, 0.25) is 0 Å². The maximum absolute atomic E-state index is 10.3. The van der Waals surface area contributed by atoms with E-state index in [1.807, 2.05) is 62.4 Å². The third-order valence-electron chi connectivity index (χ3n) is 4.19. The molecule has 0 amide bonds. The van der Waals surface area contributed by atoms with Crippen LogP contribution in [0.3, 0.4) is 0 Å². The summed E-state index contributed by atoms with van der Waals surface area (Å²) in [5, 5.41) is 16.8. The van der Waals surface area contributed by atoms with Gasteiger partial charge in [-0.1, -0.05) is 36.4 Å². The van der Waals surface area contributed by atoms with E-state index in [1.54, 1.807) is 7.11 Å². The van der Waals surface area contributed by atoms with Gasteiger partial charge in [-0.15, -0.1) is 24.0 Å². The fraction of sp³-hybridized carbons (Fsp3) is 0.409. The van der Waals surface area contributed by atoms with Gasteiger partial charge in [0.2, 0.25) is 0 Å². The molecule has 0 fully saturated rings. The first kappa shape index (κ1) is 25.0. The molecule has 3 N–H and O–H groups in total. The molecular weight excluding hydrogens is 481 g/mol. The normalized spacial score (nSPS) is 11.9. The number of hydrogen-bond donors (Lipinski definition) is 3. The van der Waals surface area contributed by atoms with E-state index in [1.165, 1.54) is 0 Å². The Morgan fingerprint density at radius 2 is 1.83 bits per heavy atom. The molecule has 0 saturated carbocycles. The number of rotatable bonds is 10. The molecule has 2 aromatic rings. The van der Waals surface area contributed by atoms with Crippen molar-refractivity contribution in [3.8, 4) is 11.5 Å². The van der Waals surface area contributed by atoms with Gasteiger partial charge in [0.1, 0.15) is 0 Å². The Bertz CT molecular complexity index is 741. The number of aliphatic hydroxyl groups is 1. The average Bonchev–Trinajstić information content (AvgIpc) is 2.73. The van der Waals surface area contributed by atoms with Crippen LogP contribution in [0, 0.1) is 0 Å². The molecule has 29 heavy (non-hydrogen) atoms. The quantitative estimate of drug-likeness (QED) is 0.256. The highest BCUT2D eigenvalue weighted by atomic mass is 127. The van der Waals surface area contributed by atoms with Crippen molar-refractivity contribution < 1.29 is 14.6 Å². The molecular formula is C22H32IN3O3. The maximum Gasteiger partial charge on any atom is 0.191 e. The number of nitrogens with one attached hydrogen (secondary N) is 2. The Balaban J connectivity index is 0.00000420. The van der Waals surface area contributed by atoms with Crippen LogP contribution in [0.25, 0.3) is 0 Å². The van der Waals surface area contributed by atoms with Crippen LogP contribution in [0.1, 0.15) is 37.5 Å². The van der Waals surface area contributed by atoms with Crippen molar-refractivity contribution in [3.63, 3.8) is 0 Å². The minimum absolute atomic E-state index is 0. The van der Waals surface area contributed by atoms with E-state index >= 15 is 0 Å². The topological polar surface area (TPSA) is 75.1 Å². The van der Waals surface area contributed by atoms with Crippen LogP contribution in [0.15, 0.2) is 53.5 Å². The predicted molar refractivity (Wildman–Crippen MR) is 128 cm³/mol. The molecule has 0 aliphatic heterocycles. The van der Waals surface area contributed by atoms with Crippen molar-refractivity contribution >= 4 is 29.9 Å². The summed E-state index contributed by atoms with van der Waals surface area (Å²) in [5.41, 5.74) is 1.96. The van der Waals surface area contributed by atoms with Crippen molar-refractivity contribution in [1.82, 2.24) is 10.6 Å². The lowest BCUT2D eigenvalue weighted by Crippen LogP contribution is -2.38. The van der Waals surface area contributed by atoms with Crippen LogP contribution in [-0.4, -0.2) is 37.9 Å². The van der Waals surface area contributed by atoms with Crippen LogP contribution < -0.4 is 20.1 Å². The third kappa shape index (κ3) is 8.49. The predicted octanol–water partition coefficient (Wildman–Crippen LogP) is 3.89. The zero-order chi connectivity index (χ0) is 20.2. The third-order valence-corrected chi connectivity index (χ3v) is 4.19. The minimum Gasteiger partial charge on any atom is -0.493 e. The molecule has 2 aromatic carbocycles. The fourth-order valence-electron chi connectivity index (χ4n) is 2.77. The number of guanidine groups is 1. The Morgan fingerprint density at radius 1 is 1.07 bits per heavy atom. The Hall–Kier alpha value is -2.00. The summed E-state index contributed by atoms with van der Waals surface area (Å²) < 4.78 is 10.9. The highest BCUT2D eigenvalue weighted by molar-refractivity contribution is 14.0. The summed E-state index contributed by atoms with van der Waals surface area (Å²) in [7, 11) is 1.63. The molecule has 0 aliphatic rings.